The van der Waals surface area contributed by atoms with Crippen molar-refractivity contribution < 1.29 is 9.21 Å². The second-order valence-electron chi connectivity index (χ2n) is 7.25. The molecule has 6 nitrogen and oxygen atoms in total. The Hall–Kier alpha value is -3.10. The van der Waals surface area contributed by atoms with Crippen molar-refractivity contribution in [2.24, 2.45) is 10.2 Å². The molecule has 1 aromatic heterocycles. The van der Waals surface area contributed by atoms with Crippen LogP contribution in [0.4, 0.5) is 5.69 Å². The lowest BCUT2D eigenvalue weighted by Gasteiger charge is -2.12. The molecular weight excluding hydrogens is 488 g/mol. The van der Waals surface area contributed by atoms with Crippen LogP contribution in [0, 0.1) is 0 Å². The van der Waals surface area contributed by atoms with E-state index in [-0.39, 0.29) is 5.91 Å². The van der Waals surface area contributed by atoms with Gasteiger partial charge in [0, 0.05) is 24.3 Å². The molecule has 0 unspecified atom stereocenters. The first-order valence-electron chi connectivity index (χ1n) is 9.87. The SMILES string of the molecule is CN(C)c1ccc(/C=C2\S/C(=N/N=C\c3cccc(Br)c3)N(Cc3ccco3)C2=O)cc1. The number of rotatable bonds is 6. The first kappa shape index (κ1) is 22.1. The minimum atomic E-state index is -0.125. The van der Waals surface area contributed by atoms with E-state index in [1.54, 1.807) is 23.4 Å². The summed E-state index contributed by atoms with van der Waals surface area (Å²) in [6.07, 6.45) is 5.13. The number of benzene rings is 2. The highest BCUT2D eigenvalue weighted by atomic mass is 79.9. The zero-order chi connectivity index (χ0) is 22.5. The summed E-state index contributed by atoms with van der Waals surface area (Å²) in [6.45, 7) is 0.293. The van der Waals surface area contributed by atoms with Crippen molar-refractivity contribution in [3.63, 3.8) is 0 Å². The van der Waals surface area contributed by atoms with Crippen LogP contribution in [0.15, 0.2) is 90.9 Å². The molecule has 1 aliphatic heterocycles. The van der Waals surface area contributed by atoms with E-state index in [9.17, 15) is 4.79 Å². The van der Waals surface area contributed by atoms with Gasteiger partial charge in [-0.15, -0.1) is 5.10 Å². The molecule has 0 atom stereocenters. The molecule has 0 saturated carbocycles. The number of carbonyl (C=O) groups is 1. The number of furan rings is 1. The molecule has 1 saturated heterocycles. The molecule has 3 aromatic rings. The molecule has 2 heterocycles. The maximum Gasteiger partial charge on any atom is 0.267 e. The number of nitrogens with zero attached hydrogens (tertiary/aromatic N) is 4. The lowest BCUT2D eigenvalue weighted by Crippen LogP contribution is -2.28. The molecule has 4 rings (SSSR count). The minimum Gasteiger partial charge on any atom is -0.467 e. The van der Waals surface area contributed by atoms with Gasteiger partial charge in [0.2, 0.25) is 0 Å². The summed E-state index contributed by atoms with van der Waals surface area (Å²) in [6, 6.07) is 19.4. The van der Waals surface area contributed by atoms with Crippen LogP contribution >= 0.6 is 27.7 Å². The lowest BCUT2D eigenvalue weighted by molar-refractivity contribution is -0.122. The van der Waals surface area contributed by atoms with E-state index < -0.39 is 0 Å². The van der Waals surface area contributed by atoms with Gasteiger partial charge in [0.1, 0.15) is 5.76 Å². The number of thioether (sulfide) groups is 1. The van der Waals surface area contributed by atoms with Crippen molar-refractivity contribution in [1.82, 2.24) is 4.90 Å². The number of carbonyl (C=O) groups excluding carboxylic acids is 1. The van der Waals surface area contributed by atoms with Crippen molar-refractivity contribution in [2.75, 3.05) is 19.0 Å². The Morgan fingerprint density at radius 1 is 1.09 bits per heavy atom. The Morgan fingerprint density at radius 3 is 2.59 bits per heavy atom. The summed E-state index contributed by atoms with van der Waals surface area (Å²) in [5, 5.41) is 9.06. The third-order valence-electron chi connectivity index (χ3n) is 4.69. The van der Waals surface area contributed by atoms with Crippen LogP contribution in [0.25, 0.3) is 6.08 Å². The highest BCUT2D eigenvalue weighted by molar-refractivity contribution is 9.10. The molecular formula is C24H21BrN4O2S. The summed E-state index contributed by atoms with van der Waals surface area (Å²) in [4.78, 5) is 17.4. The van der Waals surface area contributed by atoms with Gasteiger partial charge in [-0.05, 0) is 65.4 Å². The smallest absolute Gasteiger partial charge is 0.267 e. The topological polar surface area (TPSA) is 61.4 Å². The number of hydrogen-bond acceptors (Lipinski definition) is 6. The monoisotopic (exact) mass is 508 g/mol. The van der Waals surface area contributed by atoms with E-state index in [0.717, 1.165) is 21.3 Å². The first-order chi connectivity index (χ1) is 15.5. The summed E-state index contributed by atoms with van der Waals surface area (Å²) in [5.74, 6) is 0.554. The van der Waals surface area contributed by atoms with Crippen LogP contribution < -0.4 is 4.90 Å². The van der Waals surface area contributed by atoms with Crippen LogP contribution in [-0.4, -0.2) is 36.3 Å². The fourth-order valence-electron chi connectivity index (χ4n) is 3.03. The average molecular weight is 509 g/mol. The van der Waals surface area contributed by atoms with Gasteiger partial charge >= 0.3 is 0 Å². The number of amides is 1. The van der Waals surface area contributed by atoms with E-state index in [1.165, 1.54) is 11.8 Å². The van der Waals surface area contributed by atoms with Crippen molar-refractivity contribution in [3.8, 4) is 0 Å². The Kier molecular flexibility index (Phi) is 6.92. The van der Waals surface area contributed by atoms with Gasteiger partial charge in [-0.1, -0.05) is 40.2 Å². The highest BCUT2D eigenvalue weighted by Gasteiger charge is 2.34. The van der Waals surface area contributed by atoms with Gasteiger partial charge in [0.25, 0.3) is 5.91 Å². The molecule has 8 heteroatoms. The van der Waals surface area contributed by atoms with Gasteiger partial charge < -0.3 is 9.32 Å². The molecule has 1 amide bonds. The van der Waals surface area contributed by atoms with Crippen LogP contribution in [0.3, 0.4) is 0 Å². The summed E-state index contributed by atoms with van der Waals surface area (Å²) < 4.78 is 6.40. The molecule has 0 aliphatic carbocycles. The molecule has 1 fully saturated rings. The second-order valence-corrected chi connectivity index (χ2v) is 9.17. The van der Waals surface area contributed by atoms with Gasteiger partial charge in [-0.2, -0.15) is 5.10 Å². The van der Waals surface area contributed by atoms with Crippen molar-refractivity contribution in [1.29, 1.82) is 0 Å². The Morgan fingerprint density at radius 2 is 1.91 bits per heavy atom. The Balaban J connectivity index is 1.60. The maximum absolute atomic E-state index is 13.1. The van der Waals surface area contributed by atoms with E-state index in [2.05, 4.69) is 26.1 Å². The fraction of sp³-hybridized carbons (Fsp3) is 0.125. The molecule has 1 aliphatic rings. The standard InChI is InChI=1S/C24H21BrN4O2S/c1-28(2)20-10-8-17(9-11-20)14-22-23(30)29(16-21-7-4-12-31-21)24(32-22)27-26-15-18-5-3-6-19(25)13-18/h3-15H,16H2,1-2H3/b22-14-,26-15-,27-24+. The Bertz CT molecular complexity index is 1180. The van der Waals surface area contributed by atoms with Gasteiger partial charge in [-0.25, -0.2) is 0 Å². The van der Waals surface area contributed by atoms with Crippen LogP contribution in [0.1, 0.15) is 16.9 Å². The summed E-state index contributed by atoms with van der Waals surface area (Å²) in [5.41, 5.74) is 2.96. The highest BCUT2D eigenvalue weighted by Crippen LogP contribution is 2.34. The predicted octanol–water partition coefficient (Wildman–Crippen LogP) is 5.61. The molecule has 162 valence electrons. The van der Waals surface area contributed by atoms with Gasteiger partial charge in [-0.3, -0.25) is 9.69 Å². The predicted molar refractivity (Wildman–Crippen MR) is 135 cm³/mol. The molecule has 0 spiro atoms. The van der Waals surface area contributed by atoms with E-state index in [0.29, 0.717) is 22.4 Å². The zero-order valence-electron chi connectivity index (χ0n) is 17.6. The number of halogens is 1. The fourth-order valence-corrected chi connectivity index (χ4v) is 4.38. The first-order valence-corrected chi connectivity index (χ1v) is 11.5. The van der Waals surface area contributed by atoms with Gasteiger partial charge in [0.15, 0.2) is 5.17 Å². The van der Waals surface area contributed by atoms with E-state index >= 15 is 0 Å². The minimum absolute atomic E-state index is 0.125. The van der Waals surface area contributed by atoms with Crippen molar-refractivity contribution >= 4 is 56.7 Å². The van der Waals surface area contributed by atoms with E-state index in [1.807, 2.05) is 79.7 Å². The number of amidine groups is 1. The van der Waals surface area contributed by atoms with Gasteiger partial charge in [0.05, 0.1) is 23.9 Å². The number of hydrogen-bond donors (Lipinski definition) is 0. The molecule has 32 heavy (non-hydrogen) atoms. The molecule has 2 aromatic carbocycles. The molecule has 0 N–H and O–H groups in total. The average Bonchev–Trinajstić information content (AvgIpc) is 3.39. The van der Waals surface area contributed by atoms with Crippen molar-refractivity contribution in [2.45, 2.75) is 6.54 Å². The summed E-state index contributed by atoms with van der Waals surface area (Å²) >= 11 is 4.75. The third kappa shape index (κ3) is 5.38. The van der Waals surface area contributed by atoms with Crippen LogP contribution in [0.2, 0.25) is 0 Å². The van der Waals surface area contributed by atoms with E-state index in [4.69, 9.17) is 4.42 Å². The second kappa shape index (κ2) is 10.0. The largest absolute Gasteiger partial charge is 0.467 e. The lowest BCUT2D eigenvalue weighted by atomic mass is 10.2. The quantitative estimate of drug-likeness (QED) is 0.246. The zero-order valence-corrected chi connectivity index (χ0v) is 20.0. The summed E-state index contributed by atoms with van der Waals surface area (Å²) in [7, 11) is 3.99. The van der Waals surface area contributed by atoms with Crippen LogP contribution in [-0.2, 0) is 11.3 Å². The number of anilines is 1. The normalized spacial score (nSPS) is 16.6. The maximum atomic E-state index is 13.1. The van der Waals surface area contributed by atoms with Crippen molar-refractivity contribution in [3.05, 3.63) is 93.2 Å². The Labute approximate surface area is 199 Å². The van der Waals surface area contributed by atoms with Crippen LogP contribution in [0.5, 0.6) is 0 Å². The third-order valence-corrected chi connectivity index (χ3v) is 6.18. The molecule has 0 bridgehead atoms. The molecule has 0 radical (unpaired) electrons.